The summed E-state index contributed by atoms with van der Waals surface area (Å²) in [7, 11) is 0. The van der Waals surface area contributed by atoms with Gasteiger partial charge < -0.3 is 0 Å². The molecule has 0 unspecified atom stereocenters. The molecule has 0 aliphatic rings. The van der Waals surface area contributed by atoms with Gasteiger partial charge in [-0.15, -0.1) is 10.2 Å². The van der Waals surface area contributed by atoms with Gasteiger partial charge in [0, 0.05) is 6.07 Å². The lowest BCUT2D eigenvalue weighted by atomic mass is 10.5. The van der Waals surface area contributed by atoms with Crippen LogP contribution in [-0.4, -0.2) is 15.1 Å². The summed E-state index contributed by atoms with van der Waals surface area (Å²) in [6, 6.07) is 3.17. The quantitative estimate of drug-likeness (QED) is 0.479. The smallest absolute Gasteiger partial charge is 0.258 e. The number of thiophene rings is 1. The van der Waals surface area contributed by atoms with E-state index in [9.17, 15) is 10.1 Å². The maximum absolute atomic E-state index is 10.4. The molecule has 0 aliphatic heterocycles. The Bertz CT molecular complexity index is 481. The van der Waals surface area contributed by atoms with Crippen molar-refractivity contribution in [1.82, 2.24) is 10.2 Å². The topological polar surface area (TPSA) is 68.9 Å². The summed E-state index contributed by atoms with van der Waals surface area (Å²) in [4.78, 5) is 10.8. The molecule has 8 heteroatoms. The molecule has 0 radical (unpaired) electrons. The molecule has 2 aromatic heterocycles. The first kappa shape index (κ1) is 9.93. The number of rotatable bonds is 2. The van der Waals surface area contributed by atoms with Crippen molar-refractivity contribution in [2.24, 2.45) is 0 Å². The van der Waals surface area contributed by atoms with Crippen LogP contribution in [0.2, 0.25) is 0 Å². The Labute approximate surface area is 100 Å². The van der Waals surface area contributed by atoms with Crippen LogP contribution in [0.5, 0.6) is 0 Å². The van der Waals surface area contributed by atoms with E-state index < -0.39 is 4.92 Å². The van der Waals surface area contributed by atoms with Gasteiger partial charge in [0.1, 0.15) is 0 Å². The average Bonchev–Trinajstić information content (AvgIpc) is 2.70. The molecule has 0 aromatic carbocycles. The normalized spacial score (nSPS) is 10.4. The van der Waals surface area contributed by atoms with Gasteiger partial charge in [0.2, 0.25) is 0 Å². The van der Waals surface area contributed by atoms with Crippen LogP contribution in [-0.2, 0) is 0 Å². The number of nitro groups is 1. The second-order valence-electron chi connectivity index (χ2n) is 2.26. The van der Waals surface area contributed by atoms with E-state index in [-0.39, 0.29) is 5.00 Å². The Kier molecular flexibility index (Phi) is 2.74. The lowest BCUT2D eigenvalue weighted by Gasteiger charge is -1.83. The summed E-state index contributed by atoms with van der Waals surface area (Å²) in [5, 5.41) is 19.0. The highest BCUT2D eigenvalue weighted by Crippen LogP contribution is 2.34. The molecule has 0 spiro atoms. The Morgan fingerprint density at radius 2 is 2.14 bits per heavy atom. The van der Waals surface area contributed by atoms with Crippen LogP contribution < -0.4 is 0 Å². The van der Waals surface area contributed by atoms with E-state index >= 15 is 0 Å². The van der Waals surface area contributed by atoms with E-state index in [0.717, 1.165) is 24.2 Å². The van der Waals surface area contributed by atoms with Gasteiger partial charge in [-0.2, -0.15) is 0 Å². The minimum atomic E-state index is -0.403. The molecule has 0 N–H and O–H groups in total. The molecule has 0 bridgehead atoms. The molecule has 14 heavy (non-hydrogen) atoms. The zero-order chi connectivity index (χ0) is 10.1. The Morgan fingerprint density at radius 3 is 2.64 bits per heavy atom. The first-order valence-electron chi connectivity index (χ1n) is 3.40. The van der Waals surface area contributed by atoms with Crippen LogP contribution in [0, 0.1) is 13.1 Å². The fraction of sp³-hybridized carbons (Fsp3) is 0. The van der Waals surface area contributed by atoms with Crippen molar-refractivity contribution in [3.05, 3.63) is 25.3 Å². The third-order valence-electron chi connectivity index (χ3n) is 1.38. The molecule has 5 nitrogen and oxygen atoms in total. The number of nitrogens with zero attached hydrogens (tertiary/aromatic N) is 3. The molecule has 72 valence electrons. The van der Waals surface area contributed by atoms with Crippen LogP contribution in [0.25, 0.3) is 9.88 Å². The van der Waals surface area contributed by atoms with Gasteiger partial charge in [-0.3, -0.25) is 10.1 Å². The summed E-state index contributed by atoms with van der Waals surface area (Å²) < 4.78 is 0.827. The zero-order valence-corrected chi connectivity index (χ0v) is 10.3. The van der Waals surface area contributed by atoms with Gasteiger partial charge in [-0.05, 0) is 28.7 Å². The highest BCUT2D eigenvalue weighted by Gasteiger charge is 2.13. The van der Waals surface area contributed by atoms with Crippen LogP contribution in [0.4, 0.5) is 5.00 Å². The molecule has 0 aliphatic carbocycles. The van der Waals surface area contributed by atoms with E-state index in [0.29, 0.717) is 0 Å². The number of halogens is 1. The number of aromatic nitrogens is 2. The van der Waals surface area contributed by atoms with E-state index in [1.165, 1.54) is 17.4 Å². The fourth-order valence-corrected chi connectivity index (χ4v) is 3.02. The first-order chi connectivity index (χ1) is 6.66. The highest BCUT2D eigenvalue weighted by molar-refractivity contribution is 14.1. The van der Waals surface area contributed by atoms with E-state index in [1.54, 1.807) is 6.07 Å². The first-order valence-corrected chi connectivity index (χ1v) is 6.11. The van der Waals surface area contributed by atoms with Crippen molar-refractivity contribution >= 4 is 50.3 Å². The monoisotopic (exact) mass is 339 g/mol. The largest absolute Gasteiger partial charge is 0.324 e. The molecule has 0 atom stereocenters. The van der Waals surface area contributed by atoms with Crippen molar-refractivity contribution in [2.75, 3.05) is 0 Å². The Morgan fingerprint density at radius 1 is 1.36 bits per heavy atom. The van der Waals surface area contributed by atoms with Crippen LogP contribution in [0.15, 0.2) is 12.1 Å². The molecule has 0 fully saturated rings. The molecule has 0 saturated carbocycles. The van der Waals surface area contributed by atoms with Gasteiger partial charge in [-0.25, -0.2) is 0 Å². The average molecular weight is 339 g/mol. The molecule has 0 amide bonds. The zero-order valence-electron chi connectivity index (χ0n) is 6.51. The lowest BCUT2D eigenvalue weighted by molar-refractivity contribution is -0.380. The molecule has 2 aromatic rings. The molecular formula is C6H2IN3O2S2. The summed E-state index contributed by atoms with van der Waals surface area (Å²) in [6.45, 7) is 0. The summed E-state index contributed by atoms with van der Waals surface area (Å²) in [5.41, 5.74) is 0. The van der Waals surface area contributed by atoms with E-state index in [4.69, 9.17) is 0 Å². The lowest BCUT2D eigenvalue weighted by Crippen LogP contribution is -1.80. The Hall–Kier alpha value is -0.610. The summed E-state index contributed by atoms with van der Waals surface area (Å²) in [6.07, 6.45) is 0. The van der Waals surface area contributed by atoms with Gasteiger partial charge in [0.25, 0.3) is 0 Å². The van der Waals surface area contributed by atoms with Gasteiger partial charge in [0.05, 0.1) is 9.80 Å². The summed E-state index contributed by atoms with van der Waals surface area (Å²) in [5.74, 6) is 0. The van der Waals surface area contributed by atoms with Crippen LogP contribution in [0.3, 0.4) is 0 Å². The van der Waals surface area contributed by atoms with Gasteiger partial charge >= 0.3 is 5.00 Å². The van der Waals surface area contributed by atoms with Crippen molar-refractivity contribution in [3.8, 4) is 9.88 Å². The molecule has 0 saturated heterocycles. The maximum Gasteiger partial charge on any atom is 0.324 e. The third-order valence-corrected chi connectivity index (χ3v) is 4.18. The minimum absolute atomic E-state index is 0.130. The van der Waals surface area contributed by atoms with E-state index in [1.807, 2.05) is 0 Å². The van der Waals surface area contributed by atoms with Gasteiger partial charge in [-0.1, -0.05) is 22.7 Å². The molecular weight excluding hydrogens is 337 g/mol. The van der Waals surface area contributed by atoms with Crippen LogP contribution in [0.1, 0.15) is 0 Å². The Balaban J connectivity index is 2.38. The predicted molar refractivity (Wildman–Crippen MR) is 62.6 cm³/mol. The standard InChI is InChI=1S/C6H2IN3O2S2/c7-6-9-8-5(14-6)3-1-2-4(13-3)10(11)12/h1-2H. The van der Waals surface area contributed by atoms with Gasteiger partial charge in [0.15, 0.2) is 8.02 Å². The molecule has 2 heterocycles. The fourth-order valence-electron chi connectivity index (χ4n) is 0.846. The predicted octanol–water partition coefficient (Wildman–Crippen LogP) is 2.78. The molecule has 2 rings (SSSR count). The second kappa shape index (κ2) is 3.87. The summed E-state index contributed by atoms with van der Waals surface area (Å²) >= 11 is 4.59. The minimum Gasteiger partial charge on any atom is -0.258 e. The van der Waals surface area contributed by atoms with E-state index in [2.05, 4.69) is 32.8 Å². The number of hydrogen-bond donors (Lipinski definition) is 0. The van der Waals surface area contributed by atoms with Crippen molar-refractivity contribution < 1.29 is 4.92 Å². The maximum atomic E-state index is 10.4. The highest BCUT2D eigenvalue weighted by atomic mass is 127. The van der Waals surface area contributed by atoms with Crippen molar-refractivity contribution in [3.63, 3.8) is 0 Å². The second-order valence-corrected chi connectivity index (χ2v) is 6.05. The number of hydrogen-bond acceptors (Lipinski definition) is 6. The third kappa shape index (κ3) is 1.91. The van der Waals surface area contributed by atoms with Crippen molar-refractivity contribution in [2.45, 2.75) is 0 Å². The van der Waals surface area contributed by atoms with Crippen molar-refractivity contribution in [1.29, 1.82) is 0 Å². The SMILES string of the molecule is O=[N+]([O-])c1ccc(-c2nnc(I)s2)s1. The van der Waals surface area contributed by atoms with Crippen LogP contribution >= 0.6 is 45.3 Å².